The number of nitrogens with zero attached hydrogens (tertiary/aromatic N) is 1. The van der Waals surface area contributed by atoms with Crippen LogP contribution in [0.5, 0.6) is 0 Å². The van der Waals surface area contributed by atoms with Crippen LogP contribution in [0.1, 0.15) is 47.3 Å². The molecule has 2 aromatic rings. The van der Waals surface area contributed by atoms with E-state index in [1.165, 1.54) is 0 Å². The summed E-state index contributed by atoms with van der Waals surface area (Å²) in [7, 11) is 0. The van der Waals surface area contributed by atoms with Gasteiger partial charge in [-0.3, -0.25) is 4.98 Å². The second-order valence-electron chi connectivity index (χ2n) is 6.34. The SMILES string of the molecule is O=C(O[C@H]1CCOC1=O)c1c2c(nc3ccccc13)CCCCC2. The molecule has 0 unspecified atom stereocenters. The first-order valence-electron chi connectivity index (χ1n) is 8.52. The molecule has 1 atom stereocenters. The smallest absolute Gasteiger partial charge is 0.347 e. The molecule has 1 fully saturated rings. The first-order valence-corrected chi connectivity index (χ1v) is 8.52. The summed E-state index contributed by atoms with van der Waals surface area (Å²) >= 11 is 0. The van der Waals surface area contributed by atoms with Gasteiger partial charge in [0.05, 0.1) is 17.7 Å². The van der Waals surface area contributed by atoms with Gasteiger partial charge in [0.15, 0.2) is 0 Å². The quantitative estimate of drug-likeness (QED) is 0.627. The molecular formula is C19H19NO4. The molecule has 1 aliphatic carbocycles. The maximum absolute atomic E-state index is 12.9. The molecule has 1 aromatic carbocycles. The Bertz CT molecular complexity index is 814. The molecule has 1 saturated heterocycles. The Balaban J connectivity index is 1.81. The fourth-order valence-corrected chi connectivity index (χ4v) is 3.56. The highest BCUT2D eigenvalue weighted by molar-refractivity contribution is 6.05. The minimum atomic E-state index is -0.786. The van der Waals surface area contributed by atoms with Gasteiger partial charge in [0.1, 0.15) is 0 Å². The molecule has 0 amide bonds. The molecule has 1 aromatic heterocycles. The van der Waals surface area contributed by atoms with Crippen molar-refractivity contribution in [3.05, 3.63) is 41.1 Å². The largest absolute Gasteiger partial charge is 0.463 e. The lowest BCUT2D eigenvalue weighted by Crippen LogP contribution is -2.24. The third-order valence-corrected chi connectivity index (χ3v) is 4.76. The van der Waals surface area contributed by atoms with E-state index in [-0.39, 0.29) is 0 Å². The van der Waals surface area contributed by atoms with Gasteiger partial charge in [-0.05, 0) is 37.3 Å². The Morgan fingerprint density at radius 1 is 1.17 bits per heavy atom. The van der Waals surface area contributed by atoms with Crippen LogP contribution in [0.3, 0.4) is 0 Å². The first-order chi connectivity index (χ1) is 11.7. The zero-order valence-corrected chi connectivity index (χ0v) is 13.4. The van der Waals surface area contributed by atoms with Crippen molar-refractivity contribution in [2.24, 2.45) is 0 Å². The Labute approximate surface area is 140 Å². The molecule has 24 heavy (non-hydrogen) atoms. The highest BCUT2D eigenvalue weighted by atomic mass is 16.6. The number of fused-ring (bicyclic) bond motifs is 2. The molecule has 124 valence electrons. The predicted octanol–water partition coefficient (Wildman–Crippen LogP) is 2.98. The standard InChI is InChI=1S/C19H19NO4/c21-18-16(10-11-23-18)24-19(22)17-12-6-2-1-3-8-14(12)20-15-9-5-4-7-13(15)17/h4-5,7,9,16H,1-3,6,8,10-11H2/t16-/m0/s1. The zero-order valence-electron chi connectivity index (χ0n) is 13.4. The number of pyridine rings is 1. The summed E-state index contributed by atoms with van der Waals surface area (Å²) in [6.07, 6.45) is 4.61. The van der Waals surface area contributed by atoms with Gasteiger partial charge in [-0.1, -0.05) is 24.6 Å². The molecule has 0 radical (unpaired) electrons. The van der Waals surface area contributed by atoms with E-state index in [9.17, 15) is 9.59 Å². The number of carbonyl (C=O) groups is 2. The summed E-state index contributed by atoms with van der Waals surface area (Å²) in [6, 6.07) is 7.63. The predicted molar refractivity (Wildman–Crippen MR) is 87.8 cm³/mol. The van der Waals surface area contributed by atoms with Crippen molar-refractivity contribution in [1.82, 2.24) is 4.98 Å². The normalized spacial score (nSPS) is 20.3. The van der Waals surface area contributed by atoms with Gasteiger partial charge in [0, 0.05) is 17.5 Å². The van der Waals surface area contributed by atoms with Gasteiger partial charge in [-0.15, -0.1) is 0 Å². The number of hydrogen-bond acceptors (Lipinski definition) is 5. The summed E-state index contributed by atoms with van der Waals surface area (Å²) in [5.41, 5.74) is 3.37. The minimum absolute atomic E-state index is 0.311. The van der Waals surface area contributed by atoms with Gasteiger partial charge in [-0.2, -0.15) is 0 Å². The third kappa shape index (κ3) is 2.64. The molecule has 2 aliphatic rings. The number of hydrogen-bond donors (Lipinski definition) is 0. The van der Waals surface area contributed by atoms with Crippen LogP contribution in [0.2, 0.25) is 0 Å². The van der Waals surface area contributed by atoms with E-state index in [4.69, 9.17) is 14.5 Å². The molecule has 5 nitrogen and oxygen atoms in total. The van der Waals surface area contributed by atoms with Crippen LogP contribution in [-0.2, 0) is 27.1 Å². The van der Waals surface area contributed by atoms with E-state index in [1.54, 1.807) is 0 Å². The van der Waals surface area contributed by atoms with E-state index < -0.39 is 18.0 Å². The van der Waals surface area contributed by atoms with Gasteiger partial charge in [0.25, 0.3) is 0 Å². The Morgan fingerprint density at radius 3 is 2.83 bits per heavy atom. The third-order valence-electron chi connectivity index (χ3n) is 4.76. The van der Waals surface area contributed by atoms with Crippen LogP contribution in [0.25, 0.3) is 10.9 Å². The Hall–Kier alpha value is -2.43. The molecule has 2 heterocycles. The van der Waals surface area contributed by atoms with Crippen molar-refractivity contribution in [2.45, 2.75) is 44.6 Å². The lowest BCUT2D eigenvalue weighted by atomic mass is 9.97. The fraction of sp³-hybridized carbons (Fsp3) is 0.421. The van der Waals surface area contributed by atoms with E-state index in [2.05, 4.69) is 0 Å². The van der Waals surface area contributed by atoms with Crippen LogP contribution in [0.15, 0.2) is 24.3 Å². The van der Waals surface area contributed by atoms with Crippen LogP contribution in [-0.4, -0.2) is 29.6 Å². The molecule has 0 spiro atoms. The fourth-order valence-electron chi connectivity index (χ4n) is 3.56. The van der Waals surface area contributed by atoms with Gasteiger partial charge in [0.2, 0.25) is 6.10 Å². The molecule has 0 bridgehead atoms. The van der Waals surface area contributed by atoms with E-state index >= 15 is 0 Å². The van der Waals surface area contributed by atoms with Crippen LogP contribution in [0, 0.1) is 0 Å². The average molecular weight is 325 g/mol. The molecule has 4 rings (SSSR count). The van der Waals surface area contributed by atoms with Gasteiger partial charge < -0.3 is 9.47 Å². The summed E-state index contributed by atoms with van der Waals surface area (Å²) in [4.78, 5) is 29.3. The summed E-state index contributed by atoms with van der Waals surface area (Å²) in [5, 5.41) is 0.800. The lowest BCUT2D eigenvalue weighted by Gasteiger charge is -2.16. The van der Waals surface area contributed by atoms with Crippen LogP contribution in [0.4, 0.5) is 0 Å². The van der Waals surface area contributed by atoms with Crippen molar-refractivity contribution in [2.75, 3.05) is 6.61 Å². The highest BCUT2D eigenvalue weighted by Gasteiger charge is 2.32. The Kier molecular flexibility index (Phi) is 3.92. The van der Waals surface area contributed by atoms with Crippen LogP contribution >= 0.6 is 0 Å². The number of benzene rings is 1. The topological polar surface area (TPSA) is 65.5 Å². The minimum Gasteiger partial charge on any atom is -0.463 e. The number of esters is 2. The zero-order chi connectivity index (χ0) is 16.5. The number of cyclic esters (lactones) is 1. The van der Waals surface area contributed by atoms with E-state index in [0.29, 0.717) is 18.6 Å². The average Bonchev–Trinajstić information content (AvgIpc) is 2.84. The number of aromatic nitrogens is 1. The van der Waals surface area contributed by atoms with E-state index in [1.807, 2.05) is 24.3 Å². The second-order valence-corrected chi connectivity index (χ2v) is 6.34. The van der Waals surface area contributed by atoms with Crippen molar-refractivity contribution in [1.29, 1.82) is 0 Å². The monoisotopic (exact) mass is 325 g/mol. The molecular weight excluding hydrogens is 306 g/mol. The number of para-hydroxylation sites is 1. The maximum Gasteiger partial charge on any atom is 0.347 e. The molecule has 1 aliphatic heterocycles. The summed E-state index contributed by atoms with van der Waals surface area (Å²) in [6.45, 7) is 0.311. The Morgan fingerprint density at radius 2 is 2.00 bits per heavy atom. The lowest BCUT2D eigenvalue weighted by molar-refractivity contribution is -0.145. The highest BCUT2D eigenvalue weighted by Crippen LogP contribution is 2.30. The number of carbonyl (C=O) groups excluding carboxylic acids is 2. The van der Waals surface area contributed by atoms with Gasteiger partial charge >= 0.3 is 11.9 Å². The number of aryl methyl sites for hydroxylation is 1. The molecule has 0 N–H and O–H groups in total. The van der Waals surface area contributed by atoms with Gasteiger partial charge in [-0.25, -0.2) is 9.59 Å². The summed E-state index contributed by atoms with van der Waals surface area (Å²) < 4.78 is 10.4. The van der Waals surface area contributed by atoms with Crippen molar-refractivity contribution >= 4 is 22.8 Å². The van der Waals surface area contributed by atoms with Crippen molar-refractivity contribution < 1.29 is 19.1 Å². The molecule has 0 saturated carbocycles. The number of rotatable bonds is 2. The molecule has 5 heteroatoms. The maximum atomic E-state index is 12.9. The first kappa shape index (κ1) is 15.1. The second kappa shape index (κ2) is 6.23. The van der Waals surface area contributed by atoms with E-state index in [0.717, 1.165) is 54.3 Å². The number of ether oxygens (including phenoxy) is 2. The van der Waals surface area contributed by atoms with Crippen LogP contribution < -0.4 is 0 Å². The van der Waals surface area contributed by atoms with Crippen molar-refractivity contribution in [3.63, 3.8) is 0 Å². The summed E-state index contributed by atoms with van der Waals surface area (Å²) in [5.74, 6) is -0.886. The van der Waals surface area contributed by atoms with Crippen molar-refractivity contribution in [3.8, 4) is 0 Å².